The molecule has 0 saturated carbocycles. The highest BCUT2D eigenvalue weighted by molar-refractivity contribution is 5.20. The number of nitrogens with one attached hydrogen (secondary N) is 1. The van der Waals surface area contributed by atoms with Gasteiger partial charge >= 0.3 is 0 Å². The molecule has 0 bridgehead atoms. The summed E-state index contributed by atoms with van der Waals surface area (Å²) < 4.78 is 1.95. The molecule has 0 aliphatic heterocycles. The lowest BCUT2D eigenvalue weighted by atomic mass is 10.0. The van der Waals surface area contributed by atoms with E-state index in [1.165, 1.54) is 11.3 Å². The van der Waals surface area contributed by atoms with Crippen LogP contribution in [0.4, 0.5) is 0 Å². The predicted octanol–water partition coefficient (Wildman–Crippen LogP) is 2.80. The van der Waals surface area contributed by atoms with E-state index < -0.39 is 0 Å². The molecule has 0 radical (unpaired) electrons. The Morgan fingerprint density at radius 1 is 1.30 bits per heavy atom. The van der Waals surface area contributed by atoms with Crippen molar-refractivity contribution in [2.45, 2.75) is 39.2 Å². The maximum absolute atomic E-state index is 4.28. The standard InChI is InChI=1S/C16H24N4/c1-4-9-18-16(14-7-10-17-13(2)12-14)6-5-15-8-11-19-20(15)3/h7-8,10-12,16,18H,4-6,9H2,1-3H3. The molecule has 1 unspecified atom stereocenters. The first kappa shape index (κ1) is 14.7. The van der Waals surface area contributed by atoms with Crippen LogP contribution in [-0.4, -0.2) is 21.3 Å². The van der Waals surface area contributed by atoms with Crippen molar-refractivity contribution in [2.24, 2.45) is 7.05 Å². The fourth-order valence-electron chi connectivity index (χ4n) is 2.43. The van der Waals surface area contributed by atoms with Crippen LogP contribution in [0.15, 0.2) is 30.6 Å². The maximum Gasteiger partial charge on any atom is 0.0492 e. The topological polar surface area (TPSA) is 42.7 Å². The van der Waals surface area contributed by atoms with E-state index in [0.29, 0.717) is 6.04 Å². The van der Waals surface area contributed by atoms with Gasteiger partial charge in [-0.2, -0.15) is 5.10 Å². The van der Waals surface area contributed by atoms with Gasteiger partial charge in [-0.05, 0) is 56.5 Å². The highest BCUT2D eigenvalue weighted by atomic mass is 15.2. The number of pyridine rings is 1. The van der Waals surface area contributed by atoms with Gasteiger partial charge in [-0.25, -0.2) is 0 Å². The van der Waals surface area contributed by atoms with Gasteiger partial charge < -0.3 is 5.32 Å². The molecule has 0 amide bonds. The zero-order valence-electron chi connectivity index (χ0n) is 12.6. The minimum absolute atomic E-state index is 0.381. The number of aryl methyl sites for hydroxylation is 3. The summed E-state index contributed by atoms with van der Waals surface area (Å²) in [5.74, 6) is 0. The van der Waals surface area contributed by atoms with Gasteiger partial charge in [0.25, 0.3) is 0 Å². The molecule has 0 fully saturated rings. The average molecular weight is 272 g/mol. The van der Waals surface area contributed by atoms with Gasteiger partial charge in [0.2, 0.25) is 0 Å². The number of nitrogens with zero attached hydrogens (tertiary/aromatic N) is 3. The molecule has 4 nitrogen and oxygen atoms in total. The molecular weight excluding hydrogens is 248 g/mol. The Labute approximate surface area is 121 Å². The van der Waals surface area contributed by atoms with Gasteiger partial charge in [-0.15, -0.1) is 0 Å². The monoisotopic (exact) mass is 272 g/mol. The fourth-order valence-corrected chi connectivity index (χ4v) is 2.43. The second kappa shape index (κ2) is 7.20. The summed E-state index contributed by atoms with van der Waals surface area (Å²) >= 11 is 0. The summed E-state index contributed by atoms with van der Waals surface area (Å²) in [6.07, 6.45) is 7.00. The van der Waals surface area contributed by atoms with Crippen LogP contribution in [0.3, 0.4) is 0 Å². The molecule has 2 aromatic rings. The number of hydrogen-bond donors (Lipinski definition) is 1. The van der Waals surface area contributed by atoms with Crippen LogP contribution >= 0.6 is 0 Å². The lowest BCUT2D eigenvalue weighted by molar-refractivity contribution is 0.491. The van der Waals surface area contributed by atoms with Gasteiger partial charge in [0.15, 0.2) is 0 Å². The third kappa shape index (κ3) is 3.90. The SMILES string of the molecule is CCCNC(CCc1ccnn1C)c1ccnc(C)c1. The molecule has 2 aromatic heterocycles. The zero-order chi connectivity index (χ0) is 14.4. The molecule has 20 heavy (non-hydrogen) atoms. The zero-order valence-corrected chi connectivity index (χ0v) is 12.6. The molecule has 2 rings (SSSR count). The van der Waals surface area contributed by atoms with Gasteiger partial charge in [0.05, 0.1) is 0 Å². The first-order valence-electron chi connectivity index (χ1n) is 7.33. The second-order valence-electron chi connectivity index (χ2n) is 5.22. The van der Waals surface area contributed by atoms with Gasteiger partial charge in [0, 0.05) is 36.9 Å². The van der Waals surface area contributed by atoms with Gasteiger partial charge in [0.1, 0.15) is 0 Å². The Balaban J connectivity index is 2.05. The minimum Gasteiger partial charge on any atom is -0.310 e. The Morgan fingerprint density at radius 3 is 2.80 bits per heavy atom. The van der Waals surface area contributed by atoms with Crippen molar-refractivity contribution in [3.63, 3.8) is 0 Å². The van der Waals surface area contributed by atoms with E-state index >= 15 is 0 Å². The first-order valence-corrected chi connectivity index (χ1v) is 7.33. The lowest BCUT2D eigenvalue weighted by Gasteiger charge is -2.19. The first-order chi connectivity index (χ1) is 9.70. The fraction of sp³-hybridized carbons (Fsp3) is 0.500. The van der Waals surface area contributed by atoms with Gasteiger partial charge in [-0.3, -0.25) is 9.67 Å². The van der Waals surface area contributed by atoms with E-state index in [1.54, 1.807) is 0 Å². The van der Waals surface area contributed by atoms with Crippen LogP contribution in [0.5, 0.6) is 0 Å². The minimum atomic E-state index is 0.381. The molecule has 0 aromatic carbocycles. The van der Waals surface area contributed by atoms with Crippen molar-refractivity contribution in [3.8, 4) is 0 Å². The molecule has 0 aliphatic rings. The summed E-state index contributed by atoms with van der Waals surface area (Å²) in [7, 11) is 2.00. The Bertz CT molecular complexity index is 533. The smallest absolute Gasteiger partial charge is 0.0492 e. The Kier molecular flexibility index (Phi) is 5.30. The predicted molar refractivity (Wildman–Crippen MR) is 81.5 cm³/mol. The molecule has 1 atom stereocenters. The van der Waals surface area contributed by atoms with Crippen molar-refractivity contribution in [1.82, 2.24) is 20.1 Å². The molecule has 0 spiro atoms. The van der Waals surface area contributed by atoms with Crippen molar-refractivity contribution < 1.29 is 0 Å². The van der Waals surface area contributed by atoms with E-state index in [2.05, 4.69) is 40.5 Å². The van der Waals surface area contributed by atoms with E-state index in [0.717, 1.165) is 31.5 Å². The number of aromatic nitrogens is 3. The van der Waals surface area contributed by atoms with Gasteiger partial charge in [-0.1, -0.05) is 6.92 Å². The van der Waals surface area contributed by atoms with Crippen molar-refractivity contribution in [3.05, 3.63) is 47.5 Å². The quantitative estimate of drug-likeness (QED) is 0.843. The molecular formula is C16H24N4. The number of hydrogen-bond acceptors (Lipinski definition) is 3. The largest absolute Gasteiger partial charge is 0.310 e. The Hall–Kier alpha value is -1.68. The summed E-state index contributed by atoms with van der Waals surface area (Å²) in [5.41, 5.74) is 3.68. The Morgan fingerprint density at radius 2 is 2.15 bits per heavy atom. The van der Waals surface area contributed by atoms with Crippen LogP contribution < -0.4 is 5.32 Å². The molecule has 1 N–H and O–H groups in total. The van der Waals surface area contributed by atoms with E-state index in [1.807, 2.05) is 31.0 Å². The van der Waals surface area contributed by atoms with Crippen LogP contribution in [0.1, 0.15) is 42.8 Å². The summed E-state index contributed by atoms with van der Waals surface area (Å²) in [6, 6.07) is 6.76. The third-order valence-electron chi connectivity index (χ3n) is 3.58. The van der Waals surface area contributed by atoms with Crippen LogP contribution in [0.2, 0.25) is 0 Å². The van der Waals surface area contributed by atoms with E-state index in [-0.39, 0.29) is 0 Å². The summed E-state index contributed by atoms with van der Waals surface area (Å²) in [4.78, 5) is 4.28. The maximum atomic E-state index is 4.28. The second-order valence-corrected chi connectivity index (χ2v) is 5.22. The normalized spacial score (nSPS) is 12.6. The molecule has 0 aliphatic carbocycles. The number of rotatable bonds is 7. The third-order valence-corrected chi connectivity index (χ3v) is 3.58. The summed E-state index contributed by atoms with van der Waals surface area (Å²) in [6.45, 7) is 5.28. The molecule has 4 heteroatoms. The van der Waals surface area contributed by atoms with Crippen molar-refractivity contribution in [2.75, 3.05) is 6.54 Å². The highest BCUT2D eigenvalue weighted by Gasteiger charge is 2.12. The molecule has 108 valence electrons. The average Bonchev–Trinajstić information content (AvgIpc) is 2.84. The van der Waals surface area contributed by atoms with Crippen molar-refractivity contribution in [1.29, 1.82) is 0 Å². The van der Waals surface area contributed by atoms with E-state index in [9.17, 15) is 0 Å². The lowest BCUT2D eigenvalue weighted by Crippen LogP contribution is -2.23. The van der Waals surface area contributed by atoms with Crippen LogP contribution in [0, 0.1) is 6.92 Å². The van der Waals surface area contributed by atoms with Crippen molar-refractivity contribution >= 4 is 0 Å². The molecule has 2 heterocycles. The summed E-state index contributed by atoms with van der Waals surface area (Å²) in [5, 5.41) is 7.87. The molecule has 0 saturated heterocycles. The van der Waals surface area contributed by atoms with Crippen LogP contribution in [-0.2, 0) is 13.5 Å². The van der Waals surface area contributed by atoms with E-state index in [4.69, 9.17) is 0 Å². The highest BCUT2D eigenvalue weighted by Crippen LogP contribution is 2.19. The van der Waals surface area contributed by atoms with Crippen LogP contribution in [0.25, 0.3) is 0 Å².